The summed E-state index contributed by atoms with van der Waals surface area (Å²) in [6.07, 6.45) is 2.75. The van der Waals surface area contributed by atoms with Gasteiger partial charge in [0.05, 0.1) is 12.9 Å². The van der Waals surface area contributed by atoms with Crippen molar-refractivity contribution in [1.29, 1.82) is 0 Å². The molecule has 29 heavy (non-hydrogen) atoms. The van der Waals surface area contributed by atoms with Gasteiger partial charge in [0.15, 0.2) is 5.78 Å². The van der Waals surface area contributed by atoms with E-state index in [-0.39, 0.29) is 17.7 Å². The van der Waals surface area contributed by atoms with Crippen LogP contribution in [0.5, 0.6) is 5.75 Å². The van der Waals surface area contributed by atoms with E-state index in [1.165, 1.54) is 0 Å². The number of furan rings is 1. The van der Waals surface area contributed by atoms with Crippen LogP contribution < -0.4 is 10.1 Å². The SMILES string of the molecule is CCOc1ccccc1[C@@H]1C2=C(C[C@@H](c3ccco3)CC2=O)Nc2nc(C)nn21. The van der Waals surface area contributed by atoms with E-state index in [4.69, 9.17) is 9.15 Å². The Hall–Kier alpha value is -3.35. The second kappa shape index (κ2) is 6.92. The summed E-state index contributed by atoms with van der Waals surface area (Å²) in [4.78, 5) is 17.9. The van der Waals surface area contributed by atoms with E-state index in [2.05, 4.69) is 15.4 Å². The molecule has 2 aliphatic rings. The molecular formula is C22H22N4O3. The number of carbonyl (C=O) groups excluding carboxylic acids is 1. The second-order valence-corrected chi connectivity index (χ2v) is 7.36. The molecule has 1 N–H and O–H groups in total. The number of fused-ring (bicyclic) bond motifs is 1. The number of aromatic nitrogens is 3. The van der Waals surface area contributed by atoms with Gasteiger partial charge in [-0.15, -0.1) is 0 Å². The van der Waals surface area contributed by atoms with E-state index in [1.807, 2.05) is 50.2 Å². The third kappa shape index (κ3) is 2.93. The number of anilines is 1. The van der Waals surface area contributed by atoms with Crippen molar-refractivity contribution in [2.45, 2.75) is 38.6 Å². The largest absolute Gasteiger partial charge is 0.494 e. The smallest absolute Gasteiger partial charge is 0.226 e. The van der Waals surface area contributed by atoms with Gasteiger partial charge in [0.2, 0.25) is 5.95 Å². The molecule has 0 bridgehead atoms. The monoisotopic (exact) mass is 390 g/mol. The van der Waals surface area contributed by atoms with Crippen molar-refractivity contribution >= 4 is 11.7 Å². The standard InChI is InChI=1S/C22H22N4O3/c1-3-28-19-8-5-4-7-15(19)21-20-16(24-22-23-13(2)25-26(21)22)11-14(12-17(20)27)18-9-6-10-29-18/h4-10,14,21H,3,11-12H2,1-2H3,(H,23,24,25)/t14-,21-/m1/s1. The predicted octanol–water partition coefficient (Wildman–Crippen LogP) is 3.99. The molecule has 0 amide bonds. The van der Waals surface area contributed by atoms with Crippen LogP contribution in [0.3, 0.4) is 0 Å². The molecule has 0 saturated carbocycles. The number of ketones is 1. The number of nitrogens with one attached hydrogen (secondary N) is 1. The molecule has 0 radical (unpaired) electrons. The first-order valence-electron chi connectivity index (χ1n) is 9.87. The molecule has 1 aliphatic carbocycles. The third-order valence-electron chi connectivity index (χ3n) is 5.48. The molecule has 7 nitrogen and oxygen atoms in total. The maximum atomic E-state index is 13.4. The van der Waals surface area contributed by atoms with Crippen LogP contribution in [0.25, 0.3) is 0 Å². The lowest BCUT2D eigenvalue weighted by molar-refractivity contribution is -0.117. The summed E-state index contributed by atoms with van der Waals surface area (Å²) in [6.45, 7) is 4.35. The van der Waals surface area contributed by atoms with Gasteiger partial charge in [-0.2, -0.15) is 10.1 Å². The van der Waals surface area contributed by atoms with Crippen molar-refractivity contribution in [3.63, 3.8) is 0 Å². The minimum atomic E-state index is -0.366. The van der Waals surface area contributed by atoms with E-state index in [0.717, 1.165) is 28.3 Å². The molecule has 3 aromatic rings. The van der Waals surface area contributed by atoms with Crippen LogP contribution in [-0.4, -0.2) is 27.2 Å². The quantitative estimate of drug-likeness (QED) is 0.725. The first-order chi connectivity index (χ1) is 14.2. The molecule has 0 unspecified atom stereocenters. The first kappa shape index (κ1) is 17.7. The molecule has 148 valence electrons. The van der Waals surface area contributed by atoms with Crippen LogP contribution in [0.1, 0.15) is 48.9 Å². The zero-order valence-electron chi connectivity index (χ0n) is 16.4. The van der Waals surface area contributed by atoms with Crippen molar-refractivity contribution in [2.75, 3.05) is 11.9 Å². The summed E-state index contributed by atoms with van der Waals surface area (Å²) in [6, 6.07) is 11.3. The van der Waals surface area contributed by atoms with E-state index in [9.17, 15) is 4.79 Å². The number of carbonyl (C=O) groups is 1. The Morgan fingerprint density at radius 1 is 1.24 bits per heavy atom. The van der Waals surface area contributed by atoms with Crippen molar-refractivity contribution in [3.05, 3.63) is 71.1 Å². The van der Waals surface area contributed by atoms with Crippen molar-refractivity contribution < 1.29 is 13.9 Å². The van der Waals surface area contributed by atoms with Gasteiger partial charge in [0.1, 0.15) is 23.4 Å². The molecule has 2 aromatic heterocycles. The van der Waals surface area contributed by atoms with Crippen molar-refractivity contribution in [2.24, 2.45) is 0 Å². The van der Waals surface area contributed by atoms with Gasteiger partial charge in [-0.3, -0.25) is 4.79 Å². The van der Waals surface area contributed by atoms with Gasteiger partial charge in [0.25, 0.3) is 0 Å². The molecule has 1 aromatic carbocycles. The molecule has 3 heterocycles. The Morgan fingerprint density at radius 3 is 2.90 bits per heavy atom. The maximum Gasteiger partial charge on any atom is 0.226 e. The van der Waals surface area contributed by atoms with E-state index >= 15 is 0 Å². The lowest BCUT2D eigenvalue weighted by Crippen LogP contribution is -2.33. The van der Waals surface area contributed by atoms with Crippen molar-refractivity contribution in [1.82, 2.24) is 14.8 Å². The van der Waals surface area contributed by atoms with Crippen LogP contribution in [-0.2, 0) is 4.79 Å². The van der Waals surface area contributed by atoms with Gasteiger partial charge in [-0.1, -0.05) is 18.2 Å². The average Bonchev–Trinajstić information content (AvgIpc) is 3.36. The zero-order valence-corrected chi connectivity index (χ0v) is 16.4. The van der Waals surface area contributed by atoms with Crippen molar-refractivity contribution in [3.8, 4) is 5.75 Å². The second-order valence-electron chi connectivity index (χ2n) is 7.36. The number of hydrogen-bond donors (Lipinski definition) is 1. The van der Waals surface area contributed by atoms with Gasteiger partial charge < -0.3 is 14.5 Å². The van der Waals surface area contributed by atoms with Gasteiger partial charge in [-0.25, -0.2) is 4.68 Å². The number of Topliss-reactive ketones (excluding diaryl/α,β-unsaturated/α-hetero) is 1. The van der Waals surface area contributed by atoms with Crippen LogP contribution in [0.15, 0.2) is 58.3 Å². The molecule has 0 saturated heterocycles. The zero-order chi connectivity index (χ0) is 20.0. The first-order valence-corrected chi connectivity index (χ1v) is 9.87. The number of rotatable bonds is 4. The van der Waals surface area contributed by atoms with E-state index in [1.54, 1.807) is 10.9 Å². The summed E-state index contributed by atoms with van der Waals surface area (Å²) < 4.78 is 13.3. The Morgan fingerprint density at radius 2 is 2.10 bits per heavy atom. The number of para-hydroxylation sites is 1. The van der Waals surface area contributed by atoms with Crippen LogP contribution in [0.4, 0.5) is 5.95 Å². The molecule has 7 heteroatoms. The highest BCUT2D eigenvalue weighted by Crippen LogP contribution is 2.45. The summed E-state index contributed by atoms with van der Waals surface area (Å²) in [7, 11) is 0. The van der Waals surface area contributed by atoms with E-state index in [0.29, 0.717) is 31.2 Å². The number of aryl methyl sites for hydroxylation is 1. The fourth-order valence-corrected chi connectivity index (χ4v) is 4.32. The number of nitrogens with zero attached hydrogens (tertiary/aromatic N) is 3. The van der Waals surface area contributed by atoms with Gasteiger partial charge in [-0.05, 0) is 38.5 Å². The molecule has 0 spiro atoms. The lowest BCUT2D eigenvalue weighted by atomic mass is 9.79. The molecule has 2 atom stereocenters. The topological polar surface area (TPSA) is 82.2 Å². The summed E-state index contributed by atoms with van der Waals surface area (Å²) in [5, 5.41) is 7.95. The molecule has 1 aliphatic heterocycles. The Bertz CT molecular complexity index is 1100. The summed E-state index contributed by atoms with van der Waals surface area (Å²) >= 11 is 0. The fraction of sp³-hybridized carbons (Fsp3) is 0.318. The van der Waals surface area contributed by atoms with Gasteiger partial charge >= 0.3 is 0 Å². The molecule has 5 rings (SSSR count). The average molecular weight is 390 g/mol. The number of hydrogen-bond acceptors (Lipinski definition) is 6. The number of allylic oxidation sites excluding steroid dienone is 2. The van der Waals surface area contributed by atoms with Crippen LogP contribution >= 0.6 is 0 Å². The summed E-state index contributed by atoms with van der Waals surface area (Å²) in [5.41, 5.74) is 2.54. The summed E-state index contributed by atoms with van der Waals surface area (Å²) in [5.74, 6) is 3.00. The highest BCUT2D eigenvalue weighted by atomic mass is 16.5. The minimum Gasteiger partial charge on any atom is -0.494 e. The fourth-order valence-electron chi connectivity index (χ4n) is 4.32. The highest BCUT2D eigenvalue weighted by molar-refractivity contribution is 6.00. The Kier molecular flexibility index (Phi) is 4.23. The van der Waals surface area contributed by atoms with Gasteiger partial charge in [0, 0.05) is 29.2 Å². The minimum absolute atomic E-state index is 0.0158. The Balaban J connectivity index is 1.65. The number of ether oxygens (including phenoxy) is 1. The normalized spacial score (nSPS) is 20.8. The van der Waals surface area contributed by atoms with Crippen LogP contribution in [0, 0.1) is 6.92 Å². The Labute approximate surface area is 168 Å². The van der Waals surface area contributed by atoms with E-state index < -0.39 is 0 Å². The third-order valence-corrected chi connectivity index (χ3v) is 5.48. The van der Waals surface area contributed by atoms with Crippen LogP contribution in [0.2, 0.25) is 0 Å². The predicted molar refractivity (Wildman–Crippen MR) is 107 cm³/mol. The highest BCUT2D eigenvalue weighted by Gasteiger charge is 2.41. The molecular weight excluding hydrogens is 368 g/mol. The lowest BCUT2D eigenvalue weighted by Gasteiger charge is -2.35. The number of benzene rings is 1. The molecule has 0 fully saturated rings. The maximum absolute atomic E-state index is 13.4.